The van der Waals surface area contributed by atoms with Crippen molar-refractivity contribution in [1.29, 1.82) is 0 Å². The molecule has 0 aromatic carbocycles. The standard InChI is InChI=1S/C8H11NO5S2/c1-9(14-2)16(12,13)8-4-3-6(15-8)5-7(10)11/h3-4H,5H2,1-2H3,(H,10,11). The van der Waals surface area contributed by atoms with Crippen LogP contribution in [0.15, 0.2) is 16.3 Å². The lowest BCUT2D eigenvalue weighted by Crippen LogP contribution is -2.24. The van der Waals surface area contributed by atoms with Gasteiger partial charge in [-0.15, -0.1) is 11.3 Å². The predicted molar refractivity (Wildman–Crippen MR) is 57.6 cm³/mol. The Kier molecular flexibility index (Phi) is 4.03. The van der Waals surface area contributed by atoms with Crippen molar-refractivity contribution >= 4 is 27.3 Å². The number of hydroxylamine groups is 1. The maximum atomic E-state index is 11.7. The van der Waals surface area contributed by atoms with Gasteiger partial charge < -0.3 is 5.11 Å². The van der Waals surface area contributed by atoms with E-state index >= 15 is 0 Å². The number of thiophene rings is 1. The van der Waals surface area contributed by atoms with Gasteiger partial charge in [0.2, 0.25) is 0 Å². The average molecular weight is 265 g/mol. The van der Waals surface area contributed by atoms with Crippen molar-refractivity contribution in [3.05, 3.63) is 17.0 Å². The Morgan fingerprint density at radius 1 is 1.56 bits per heavy atom. The van der Waals surface area contributed by atoms with E-state index in [-0.39, 0.29) is 10.6 Å². The summed E-state index contributed by atoms with van der Waals surface area (Å²) in [4.78, 5) is 15.5. The van der Waals surface area contributed by atoms with Gasteiger partial charge in [-0.3, -0.25) is 9.63 Å². The molecular formula is C8H11NO5S2. The topological polar surface area (TPSA) is 83.9 Å². The molecule has 0 unspecified atom stereocenters. The van der Waals surface area contributed by atoms with Crippen LogP contribution in [0.4, 0.5) is 0 Å². The van der Waals surface area contributed by atoms with Crippen molar-refractivity contribution < 1.29 is 23.2 Å². The first-order valence-corrected chi connectivity index (χ1v) is 6.47. The first kappa shape index (κ1) is 13.1. The third-order valence-corrected chi connectivity index (χ3v) is 5.04. The number of hydrogen-bond donors (Lipinski definition) is 1. The van der Waals surface area contributed by atoms with Crippen molar-refractivity contribution in [2.75, 3.05) is 14.2 Å². The lowest BCUT2D eigenvalue weighted by Gasteiger charge is -2.11. The van der Waals surface area contributed by atoms with Gasteiger partial charge in [0, 0.05) is 11.9 Å². The second kappa shape index (κ2) is 4.91. The van der Waals surface area contributed by atoms with Gasteiger partial charge in [0.05, 0.1) is 13.5 Å². The number of aliphatic carboxylic acids is 1. The van der Waals surface area contributed by atoms with Crippen molar-refractivity contribution in [2.45, 2.75) is 10.6 Å². The normalized spacial score (nSPS) is 11.9. The lowest BCUT2D eigenvalue weighted by molar-refractivity contribution is -0.136. The summed E-state index contributed by atoms with van der Waals surface area (Å²) in [6, 6.07) is 2.85. The molecule has 0 atom stereocenters. The summed E-state index contributed by atoms with van der Waals surface area (Å²) in [5, 5.41) is 8.56. The van der Waals surface area contributed by atoms with E-state index in [1.54, 1.807) is 0 Å². The monoisotopic (exact) mass is 265 g/mol. The number of sulfonamides is 1. The van der Waals surface area contributed by atoms with Crippen molar-refractivity contribution in [2.24, 2.45) is 0 Å². The van der Waals surface area contributed by atoms with E-state index in [1.807, 2.05) is 0 Å². The van der Waals surface area contributed by atoms with Gasteiger partial charge in [-0.05, 0) is 12.1 Å². The number of carboxylic acids is 1. The number of nitrogens with zero attached hydrogens (tertiary/aromatic N) is 1. The molecule has 0 fully saturated rings. The van der Waals surface area contributed by atoms with Gasteiger partial charge in [0.1, 0.15) is 4.21 Å². The van der Waals surface area contributed by atoms with Gasteiger partial charge in [-0.2, -0.15) is 0 Å². The van der Waals surface area contributed by atoms with Crippen LogP contribution in [0.1, 0.15) is 4.88 Å². The van der Waals surface area contributed by atoms with Crippen LogP contribution in [0.5, 0.6) is 0 Å². The van der Waals surface area contributed by atoms with Gasteiger partial charge in [0.15, 0.2) is 0 Å². The Morgan fingerprint density at radius 2 is 2.19 bits per heavy atom. The largest absolute Gasteiger partial charge is 0.481 e. The zero-order valence-electron chi connectivity index (χ0n) is 8.71. The quantitative estimate of drug-likeness (QED) is 0.786. The lowest BCUT2D eigenvalue weighted by atomic mass is 10.3. The molecule has 0 aliphatic rings. The minimum absolute atomic E-state index is 0.0631. The number of hydrogen-bond acceptors (Lipinski definition) is 5. The fraction of sp³-hybridized carbons (Fsp3) is 0.375. The Labute approximate surface area is 97.1 Å². The van der Waals surface area contributed by atoms with Crippen LogP contribution in [-0.4, -0.2) is 38.1 Å². The van der Waals surface area contributed by atoms with Crippen LogP contribution < -0.4 is 0 Å². The van der Waals surface area contributed by atoms with E-state index in [0.717, 1.165) is 15.8 Å². The number of carbonyl (C=O) groups is 1. The first-order chi connectivity index (χ1) is 7.37. The van der Waals surface area contributed by atoms with Gasteiger partial charge in [-0.25, -0.2) is 8.42 Å². The predicted octanol–water partition coefficient (Wildman–Crippen LogP) is 0.557. The van der Waals surface area contributed by atoms with Crippen molar-refractivity contribution in [3.63, 3.8) is 0 Å². The van der Waals surface area contributed by atoms with E-state index in [2.05, 4.69) is 4.84 Å². The molecule has 1 heterocycles. The Balaban J connectivity index is 2.98. The zero-order chi connectivity index (χ0) is 12.3. The summed E-state index contributed by atoms with van der Waals surface area (Å²) in [5.74, 6) is -0.995. The minimum atomic E-state index is -3.67. The third kappa shape index (κ3) is 2.79. The van der Waals surface area contributed by atoms with Gasteiger partial charge in [-0.1, -0.05) is 4.47 Å². The highest BCUT2D eigenvalue weighted by atomic mass is 32.2. The van der Waals surface area contributed by atoms with Gasteiger partial charge >= 0.3 is 5.97 Å². The first-order valence-electron chi connectivity index (χ1n) is 4.21. The molecule has 0 spiro atoms. The number of carboxylic acid groups (broad SMARTS) is 1. The average Bonchev–Trinajstić information content (AvgIpc) is 2.64. The summed E-state index contributed by atoms with van der Waals surface area (Å²) in [6.07, 6.45) is -0.184. The summed E-state index contributed by atoms with van der Waals surface area (Å²) in [6.45, 7) is 0. The smallest absolute Gasteiger partial charge is 0.308 e. The summed E-state index contributed by atoms with van der Waals surface area (Å²) >= 11 is 0.921. The second-order valence-corrected chi connectivity index (χ2v) is 6.22. The van der Waals surface area contributed by atoms with E-state index < -0.39 is 16.0 Å². The Hall–Kier alpha value is -0.960. The van der Waals surface area contributed by atoms with E-state index in [4.69, 9.17) is 5.11 Å². The Bertz CT molecular complexity index is 478. The van der Waals surface area contributed by atoms with E-state index in [9.17, 15) is 13.2 Å². The zero-order valence-corrected chi connectivity index (χ0v) is 10.3. The van der Waals surface area contributed by atoms with E-state index in [0.29, 0.717) is 4.88 Å². The molecule has 90 valence electrons. The molecule has 0 saturated carbocycles. The highest BCUT2D eigenvalue weighted by Gasteiger charge is 2.23. The SMILES string of the molecule is CON(C)S(=O)(=O)c1ccc(CC(=O)O)s1. The van der Waals surface area contributed by atoms with Crippen LogP contribution in [0.2, 0.25) is 0 Å². The fourth-order valence-corrected chi connectivity index (χ4v) is 3.44. The molecule has 0 amide bonds. The van der Waals surface area contributed by atoms with Gasteiger partial charge in [0.25, 0.3) is 10.0 Å². The molecule has 1 N–H and O–H groups in total. The second-order valence-electron chi connectivity index (χ2n) is 2.89. The van der Waals surface area contributed by atoms with Crippen LogP contribution in [0.3, 0.4) is 0 Å². The van der Waals surface area contributed by atoms with Crippen molar-refractivity contribution in [3.8, 4) is 0 Å². The highest BCUT2D eigenvalue weighted by molar-refractivity contribution is 7.91. The summed E-state index contributed by atoms with van der Waals surface area (Å²) < 4.78 is 24.2. The molecule has 8 heteroatoms. The maximum absolute atomic E-state index is 11.7. The molecule has 0 saturated heterocycles. The molecule has 1 aromatic heterocycles. The molecule has 6 nitrogen and oxygen atoms in total. The van der Waals surface area contributed by atoms with Crippen LogP contribution in [0.25, 0.3) is 0 Å². The van der Waals surface area contributed by atoms with Crippen molar-refractivity contribution in [1.82, 2.24) is 4.47 Å². The molecule has 1 rings (SSSR count). The Morgan fingerprint density at radius 3 is 2.69 bits per heavy atom. The highest BCUT2D eigenvalue weighted by Crippen LogP contribution is 2.24. The van der Waals surface area contributed by atoms with E-state index in [1.165, 1.54) is 26.3 Å². The molecular weight excluding hydrogens is 254 g/mol. The maximum Gasteiger partial charge on any atom is 0.308 e. The van der Waals surface area contributed by atoms with Crippen LogP contribution >= 0.6 is 11.3 Å². The third-order valence-electron chi connectivity index (χ3n) is 1.81. The minimum Gasteiger partial charge on any atom is -0.481 e. The molecule has 0 bridgehead atoms. The molecule has 16 heavy (non-hydrogen) atoms. The molecule has 0 aliphatic carbocycles. The molecule has 0 aliphatic heterocycles. The number of rotatable bonds is 5. The summed E-state index contributed by atoms with van der Waals surface area (Å²) in [5.41, 5.74) is 0. The summed E-state index contributed by atoms with van der Waals surface area (Å²) in [7, 11) is -1.16. The fourth-order valence-electron chi connectivity index (χ4n) is 0.966. The molecule has 1 aromatic rings. The van der Waals surface area contributed by atoms with Crippen LogP contribution in [-0.2, 0) is 26.1 Å². The molecule has 0 radical (unpaired) electrons. The van der Waals surface area contributed by atoms with Crippen LogP contribution in [0, 0.1) is 0 Å².